The van der Waals surface area contributed by atoms with Crippen LogP contribution in [0.15, 0.2) is 36.4 Å². The summed E-state index contributed by atoms with van der Waals surface area (Å²) in [6.07, 6.45) is 0. The molecule has 0 aromatic heterocycles. The Kier molecular flexibility index (Phi) is 3.37. The number of phenols is 2. The van der Waals surface area contributed by atoms with Crippen LogP contribution in [0.1, 0.15) is 15.9 Å². The lowest BCUT2D eigenvalue weighted by molar-refractivity contribution is 0.102. The van der Waals surface area contributed by atoms with Crippen LogP contribution in [0.3, 0.4) is 0 Å². The van der Waals surface area contributed by atoms with E-state index in [1.165, 1.54) is 6.07 Å². The van der Waals surface area contributed by atoms with E-state index in [0.29, 0.717) is 11.3 Å². The Morgan fingerprint density at radius 1 is 1.16 bits per heavy atom. The molecule has 0 radical (unpaired) electrons. The second-order valence-corrected chi connectivity index (χ2v) is 4.07. The van der Waals surface area contributed by atoms with Gasteiger partial charge >= 0.3 is 0 Å². The number of hydrogen-bond acceptors (Lipinski definition) is 3. The average molecular weight is 261 g/mol. The first-order valence-corrected chi connectivity index (χ1v) is 5.57. The van der Waals surface area contributed by atoms with Crippen LogP contribution in [0.25, 0.3) is 0 Å². The van der Waals surface area contributed by atoms with E-state index in [1.807, 2.05) is 0 Å². The van der Waals surface area contributed by atoms with E-state index in [0.717, 1.165) is 18.2 Å². The van der Waals surface area contributed by atoms with Crippen LogP contribution in [0.4, 0.5) is 10.1 Å². The van der Waals surface area contributed by atoms with Gasteiger partial charge in [-0.3, -0.25) is 4.79 Å². The third kappa shape index (κ3) is 2.65. The molecule has 0 aliphatic heterocycles. The molecule has 0 fully saturated rings. The summed E-state index contributed by atoms with van der Waals surface area (Å²) < 4.78 is 13.1. The molecule has 0 saturated heterocycles. The van der Waals surface area contributed by atoms with Gasteiger partial charge in [-0.1, -0.05) is 6.07 Å². The normalized spacial score (nSPS) is 10.2. The number of aromatic hydroxyl groups is 2. The largest absolute Gasteiger partial charge is 0.508 e. The zero-order valence-corrected chi connectivity index (χ0v) is 10.1. The van der Waals surface area contributed by atoms with Crippen LogP contribution in [0, 0.1) is 12.7 Å². The second-order valence-electron chi connectivity index (χ2n) is 4.07. The number of carbonyl (C=O) groups excluding carboxylic acids is 1. The van der Waals surface area contributed by atoms with Crippen molar-refractivity contribution in [1.82, 2.24) is 0 Å². The highest BCUT2D eigenvalue weighted by atomic mass is 19.1. The fraction of sp³-hybridized carbons (Fsp3) is 0.0714. The maximum absolute atomic E-state index is 13.1. The third-order valence-electron chi connectivity index (χ3n) is 2.76. The van der Waals surface area contributed by atoms with Crippen molar-refractivity contribution < 1.29 is 19.4 Å². The summed E-state index contributed by atoms with van der Waals surface area (Å²) in [6, 6.07) is 7.78. The molecule has 1 amide bonds. The van der Waals surface area contributed by atoms with Crippen LogP contribution >= 0.6 is 0 Å². The summed E-state index contributed by atoms with van der Waals surface area (Å²) in [5.74, 6) is -1.53. The Balaban J connectivity index is 2.31. The van der Waals surface area contributed by atoms with Crippen molar-refractivity contribution in [2.45, 2.75) is 6.92 Å². The van der Waals surface area contributed by atoms with Crippen LogP contribution in [0.2, 0.25) is 0 Å². The van der Waals surface area contributed by atoms with Crippen molar-refractivity contribution in [3.05, 3.63) is 53.3 Å². The highest BCUT2D eigenvalue weighted by Crippen LogP contribution is 2.25. The van der Waals surface area contributed by atoms with E-state index in [9.17, 15) is 19.4 Å². The van der Waals surface area contributed by atoms with E-state index < -0.39 is 11.7 Å². The average Bonchev–Trinajstić information content (AvgIpc) is 2.38. The highest BCUT2D eigenvalue weighted by Gasteiger charge is 2.14. The first-order valence-electron chi connectivity index (χ1n) is 5.57. The SMILES string of the molecule is Cc1c(O)cccc1NC(=O)c1cc(F)ccc1O. The second kappa shape index (κ2) is 4.97. The van der Waals surface area contributed by atoms with E-state index in [2.05, 4.69) is 5.32 Å². The van der Waals surface area contributed by atoms with Gasteiger partial charge in [-0.05, 0) is 37.3 Å². The van der Waals surface area contributed by atoms with Crippen LogP contribution in [0.5, 0.6) is 11.5 Å². The van der Waals surface area contributed by atoms with Gasteiger partial charge in [0.05, 0.1) is 5.56 Å². The van der Waals surface area contributed by atoms with Gasteiger partial charge in [0.25, 0.3) is 5.91 Å². The van der Waals surface area contributed by atoms with Crippen LogP contribution in [-0.2, 0) is 0 Å². The smallest absolute Gasteiger partial charge is 0.259 e. The summed E-state index contributed by atoms with van der Waals surface area (Å²) in [5.41, 5.74) is 0.725. The number of hydrogen-bond donors (Lipinski definition) is 3. The van der Waals surface area contributed by atoms with Crippen molar-refractivity contribution in [2.75, 3.05) is 5.32 Å². The van der Waals surface area contributed by atoms with Crippen LogP contribution in [-0.4, -0.2) is 16.1 Å². The lowest BCUT2D eigenvalue weighted by Gasteiger charge is -2.10. The Labute approximate surface area is 109 Å². The molecular formula is C14H12FNO3. The summed E-state index contributed by atoms with van der Waals surface area (Å²) in [7, 11) is 0. The molecule has 4 nitrogen and oxygen atoms in total. The van der Waals surface area contributed by atoms with Crippen molar-refractivity contribution in [2.24, 2.45) is 0 Å². The van der Waals surface area contributed by atoms with Crippen molar-refractivity contribution >= 4 is 11.6 Å². The van der Waals surface area contributed by atoms with E-state index >= 15 is 0 Å². The van der Waals surface area contributed by atoms with Gasteiger partial charge in [-0.2, -0.15) is 0 Å². The van der Waals surface area contributed by atoms with E-state index in [4.69, 9.17) is 0 Å². The van der Waals surface area contributed by atoms with E-state index in [1.54, 1.807) is 19.1 Å². The maximum atomic E-state index is 13.1. The topological polar surface area (TPSA) is 69.6 Å². The quantitative estimate of drug-likeness (QED) is 0.778. The standard InChI is InChI=1S/C14H12FNO3/c1-8-11(3-2-4-12(8)17)16-14(19)10-7-9(15)5-6-13(10)18/h2-7,17-18H,1H3,(H,16,19). The maximum Gasteiger partial charge on any atom is 0.259 e. The summed E-state index contributed by atoms with van der Waals surface area (Å²) in [4.78, 5) is 11.9. The Bertz CT molecular complexity index is 641. The molecule has 0 atom stereocenters. The molecule has 2 aromatic rings. The number of benzene rings is 2. The van der Waals surface area contributed by atoms with E-state index in [-0.39, 0.29) is 17.1 Å². The molecule has 98 valence electrons. The summed E-state index contributed by atoms with van der Waals surface area (Å²) in [5, 5.41) is 21.6. The molecule has 0 bridgehead atoms. The molecule has 2 aromatic carbocycles. The van der Waals surface area contributed by atoms with Gasteiger partial charge in [-0.25, -0.2) is 4.39 Å². The molecule has 0 aliphatic rings. The predicted octanol–water partition coefficient (Wildman–Crippen LogP) is 2.80. The predicted molar refractivity (Wildman–Crippen MR) is 68.9 cm³/mol. The fourth-order valence-electron chi connectivity index (χ4n) is 1.64. The Hall–Kier alpha value is -2.56. The number of rotatable bonds is 2. The highest BCUT2D eigenvalue weighted by molar-refractivity contribution is 6.06. The molecule has 3 N–H and O–H groups in total. The number of halogens is 1. The minimum atomic E-state index is -0.647. The third-order valence-corrected chi connectivity index (χ3v) is 2.76. The zero-order valence-electron chi connectivity index (χ0n) is 10.1. The summed E-state index contributed by atoms with van der Waals surface area (Å²) in [6.45, 7) is 1.64. The molecular weight excluding hydrogens is 249 g/mol. The monoisotopic (exact) mass is 261 g/mol. The molecule has 0 aliphatic carbocycles. The van der Waals surface area contributed by atoms with Gasteiger partial charge in [-0.15, -0.1) is 0 Å². The first kappa shape index (κ1) is 12.9. The molecule has 0 unspecified atom stereocenters. The van der Waals surface area contributed by atoms with Crippen molar-refractivity contribution in [1.29, 1.82) is 0 Å². The van der Waals surface area contributed by atoms with Crippen LogP contribution < -0.4 is 5.32 Å². The number of phenolic OH excluding ortho intramolecular Hbond substituents is 2. The van der Waals surface area contributed by atoms with Gasteiger partial charge in [0.1, 0.15) is 17.3 Å². The Morgan fingerprint density at radius 3 is 2.63 bits per heavy atom. The zero-order chi connectivity index (χ0) is 14.0. The molecule has 0 heterocycles. The van der Waals surface area contributed by atoms with Gasteiger partial charge < -0.3 is 15.5 Å². The summed E-state index contributed by atoms with van der Waals surface area (Å²) >= 11 is 0. The number of anilines is 1. The molecule has 5 heteroatoms. The fourth-order valence-corrected chi connectivity index (χ4v) is 1.64. The molecule has 19 heavy (non-hydrogen) atoms. The first-order chi connectivity index (χ1) is 8.99. The minimum absolute atomic E-state index is 0.0428. The van der Waals surface area contributed by atoms with Gasteiger partial charge in [0, 0.05) is 11.3 Å². The lowest BCUT2D eigenvalue weighted by atomic mass is 10.1. The molecule has 2 rings (SSSR count). The number of amides is 1. The minimum Gasteiger partial charge on any atom is -0.508 e. The molecule has 0 saturated carbocycles. The van der Waals surface area contributed by atoms with Gasteiger partial charge in [0.2, 0.25) is 0 Å². The number of nitrogens with one attached hydrogen (secondary N) is 1. The van der Waals surface area contributed by atoms with Gasteiger partial charge in [0.15, 0.2) is 0 Å². The Morgan fingerprint density at radius 2 is 1.89 bits per heavy atom. The molecule has 0 spiro atoms. The van der Waals surface area contributed by atoms with Crippen molar-refractivity contribution in [3.63, 3.8) is 0 Å². The van der Waals surface area contributed by atoms with Crippen molar-refractivity contribution in [3.8, 4) is 11.5 Å². The number of carbonyl (C=O) groups is 1. The lowest BCUT2D eigenvalue weighted by Crippen LogP contribution is -2.13.